The highest BCUT2D eigenvalue weighted by molar-refractivity contribution is 6.62. The van der Waals surface area contributed by atoms with E-state index >= 15 is 0 Å². The van der Waals surface area contributed by atoms with Gasteiger partial charge in [0, 0.05) is 33.1 Å². The number of furan rings is 1. The predicted molar refractivity (Wildman–Crippen MR) is 144 cm³/mol. The van der Waals surface area contributed by atoms with E-state index in [-0.39, 0.29) is 11.2 Å². The van der Waals surface area contributed by atoms with Gasteiger partial charge >= 0.3 is 7.12 Å². The summed E-state index contributed by atoms with van der Waals surface area (Å²) in [4.78, 5) is 0. The lowest BCUT2D eigenvalue weighted by Gasteiger charge is -2.32. The smallest absolute Gasteiger partial charge is 0.456 e. The number of hydrogen-bond acceptors (Lipinski definition) is 3. The van der Waals surface area contributed by atoms with E-state index < -0.39 is 7.12 Å². The molecule has 35 heavy (non-hydrogen) atoms. The van der Waals surface area contributed by atoms with Gasteiger partial charge in [-0.2, -0.15) is 0 Å². The molecule has 0 atom stereocenters. The van der Waals surface area contributed by atoms with Crippen LogP contribution < -0.4 is 5.46 Å². The number of rotatable bonds is 2. The zero-order valence-electron chi connectivity index (χ0n) is 20.6. The second-order valence-electron chi connectivity index (χ2n) is 10.8. The number of aromatic nitrogens is 1. The van der Waals surface area contributed by atoms with Crippen molar-refractivity contribution >= 4 is 51.5 Å². The van der Waals surface area contributed by atoms with Gasteiger partial charge < -0.3 is 18.3 Å². The van der Waals surface area contributed by atoms with Gasteiger partial charge in [-0.1, -0.05) is 42.5 Å². The molecule has 1 saturated heterocycles. The van der Waals surface area contributed by atoms with Gasteiger partial charge in [-0.15, -0.1) is 0 Å². The number of para-hydroxylation sites is 1. The molecule has 1 fully saturated rings. The standard InChI is InChI=1S/C30H28BNO3/c1-29(2)30(3,4)35-31(34-29)19-13-15-27-23(17-19)24-18-20(14-16-28(24)33-27)32-25-11-7-5-9-21(25)22-10-6-8-12-26(22)32/h5-7,9-11,13-18H,8,12H2,1-4H3. The molecule has 5 aromatic rings. The Morgan fingerprint density at radius 1 is 0.800 bits per heavy atom. The Hall–Kier alpha value is -3.28. The van der Waals surface area contributed by atoms with Crippen molar-refractivity contribution in [2.75, 3.05) is 0 Å². The van der Waals surface area contributed by atoms with Gasteiger partial charge in [0.05, 0.1) is 16.7 Å². The predicted octanol–water partition coefficient (Wildman–Crippen LogP) is 6.79. The third-order valence-corrected chi connectivity index (χ3v) is 8.11. The van der Waals surface area contributed by atoms with E-state index in [0.717, 1.165) is 45.9 Å². The number of hydrogen-bond donors (Lipinski definition) is 0. The summed E-state index contributed by atoms with van der Waals surface area (Å²) in [7, 11) is -0.398. The van der Waals surface area contributed by atoms with Crippen molar-refractivity contribution in [3.05, 3.63) is 78.0 Å². The Kier molecular flexibility index (Phi) is 4.28. The molecule has 5 heteroatoms. The third-order valence-electron chi connectivity index (χ3n) is 8.11. The summed E-state index contributed by atoms with van der Waals surface area (Å²) in [5.41, 5.74) is 7.15. The van der Waals surface area contributed by atoms with E-state index in [1.165, 1.54) is 22.2 Å². The maximum absolute atomic E-state index is 6.32. The van der Waals surface area contributed by atoms with Crippen molar-refractivity contribution in [3.63, 3.8) is 0 Å². The van der Waals surface area contributed by atoms with Crippen LogP contribution in [0.1, 0.15) is 45.4 Å². The monoisotopic (exact) mass is 461 g/mol. The van der Waals surface area contributed by atoms with Gasteiger partial charge in [0.1, 0.15) is 11.2 Å². The van der Waals surface area contributed by atoms with Crippen molar-refractivity contribution < 1.29 is 13.7 Å². The van der Waals surface area contributed by atoms with Crippen LogP contribution in [0.15, 0.2) is 71.2 Å². The van der Waals surface area contributed by atoms with Crippen LogP contribution in [0.3, 0.4) is 0 Å². The largest absolute Gasteiger partial charge is 0.494 e. The van der Waals surface area contributed by atoms with Crippen molar-refractivity contribution in [2.45, 2.75) is 51.7 Å². The van der Waals surface area contributed by atoms with Gasteiger partial charge in [-0.25, -0.2) is 0 Å². The van der Waals surface area contributed by atoms with Gasteiger partial charge in [-0.3, -0.25) is 0 Å². The molecule has 0 N–H and O–H groups in total. The van der Waals surface area contributed by atoms with E-state index in [4.69, 9.17) is 13.7 Å². The SMILES string of the molecule is CC1(C)OB(c2ccc3oc4ccc(-n5c6c(c7ccccc75)C=CCC6)cc4c3c2)OC1(C)C. The molecular formula is C30H28BNO3. The average molecular weight is 461 g/mol. The Morgan fingerprint density at radius 2 is 1.51 bits per heavy atom. The molecule has 2 aromatic heterocycles. The molecule has 1 aliphatic carbocycles. The molecule has 0 bridgehead atoms. The molecule has 4 nitrogen and oxygen atoms in total. The minimum absolute atomic E-state index is 0.374. The zero-order valence-corrected chi connectivity index (χ0v) is 20.6. The van der Waals surface area contributed by atoms with E-state index in [9.17, 15) is 0 Å². The molecule has 0 amide bonds. The van der Waals surface area contributed by atoms with Crippen LogP contribution in [-0.2, 0) is 15.7 Å². The zero-order chi connectivity index (χ0) is 23.9. The quantitative estimate of drug-likeness (QED) is 0.272. The molecule has 3 heterocycles. The highest BCUT2D eigenvalue weighted by Gasteiger charge is 2.51. The minimum atomic E-state index is -0.398. The molecule has 0 saturated carbocycles. The summed E-state index contributed by atoms with van der Waals surface area (Å²) >= 11 is 0. The Bertz CT molecular complexity index is 1650. The van der Waals surface area contributed by atoms with Crippen LogP contribution in [0.2, 0.25) is 0 Å². The third kappa shape index (κ3) is 3.01. The fourth-order valence-corrected chi connectivity index (χ4v) is 5.51. The lowest BCUT2D eigenvalue weighted by atomic mass is 9.78. The first-order chi connectivity index (χ1) is 16.8. The molecule has 1 aliphatic heterocycles. The van der Waals surface area contributed by atoms with Crippen molar-refractivity contribution in [3.8, 4) is 5.69 Å². The summed E-state index contributed by atoms with van der Waals surface area (Å²) in [6.45, 7) is 8.34. The minimum Gasteiger partial charge on any atom is -0.456 e. The first-order valence-electron chi connectivity index (χ1n) is 12.4. The molecule has 2 aliphatic rings. The van der Waals surface area contributed by atoms with Crippen LogP contribution in [0, 0.1) is 0 Å². The lowest BCUT2D eigenvalue weighted by Crippen LogP contribution is -2.41. The number of benzene rings is 3. The molecule has 0 radical (unpaired) electrons. The highest BCUT2D eigenvalue weighted by atomic mass is 16.7. The van der Waals surface area contributed by atoms with Crippen molar-refractivity contribution in [1.29, 1.82) is 0 Å². The van der Waals surface area contributed by atoms with Crippen LogP contribution in [0.5, 0.6) is 0 Å². The van der Waals surface area contributed by atoms with E-state index in [1.54, 1.807) is 0 Å². The van der Waals surface area contributed by atoms with Gasteiger partial charge in [-0.05, 0) is 76.3 Å². The fourth-order valence-electron chi connectivity index (χ4n) is 5.51. The second kappa shape index (κ2) is 7.13. The van der Waals surface area contributed by atoms with Crippen LogP contribution >= 0.6 is 0 Å². The van der Waals surface area contributed by atoms with Gasteiger partial charge in [0.25, 0.3) is 0 Å². The lowest BCUT2D eigenvalue weighted by molar-refractivity contribution is 0.00578. The second-order valence-corrected chi connectivity index (χ2v) is 10.8. The Morgan fingerprint density at radius 3 is 2.31 bits per heavy atom. The molecule has 7 rings (SSSR count). The summed E-state index contributed by atoms with van der Waals surface area (Å²) in [5, 5.41) is 3.49. The van der Waals surface area contributed by atoms with Gasteiger partial charge in [0.15, 0.2) is 0 Å². The molecule has 174 valence electrons. The average Bonchev–Trinajstić information content (AvgIpc) is 3.45. The summed E-state index contributed by atoms with van der Waals surface area (Å²) < 4.78 is 21.3. The summed E-state index contributed by atoms with van der Waals surface area (Å²) in [6.07, 6.45) is 6.66. The van der Waals surface area contributed by atoms with Crippen molar-refractivity contribution in [2.24, 2.45) is 0 Å². The fraction of sp³-hybridized carbons (Fsp3) is 0.267. The summed E-state index contributed by atoms with van der Waals surface area (Å²) in [6, 6.07) is 21.5. The highest BCUT2D eigenvalue weighted by Crippen LogP contribution is 2.38. The van der Waals surface area contributed by atoms with E-state index in [2.05, 4.69) is 99.0 Å². The Labute approximate surface area is 205 Å². The Balaban J connectivity index is 1.40. The first-order valence-corrected chi connectivity index (χ1v) is 12.4. The molecule has 0 unspecified atom stereocenters. The summed E-state index contributed by atoms with van der Waals surface area (Å²) in [5.74, 6) is 0. The molecular weight excluding hydrogens is 433 g/mol. The number of fused-ring (bicyclic) bond motifs is 6. The van der Waals surface area contributed by atoms with Crippen LogP contribution in [-0.4, -0.2) is 22.9 Å². The van der Waals surface area contributed by atoms with Gasteiger partial charge in [0.2, 0.25) is 0 Å². The molecule has 0 spiro atoms. The normalized spacial score (nSPS) is 18.7. The van der Waals surface area contributed by atoms with Crippen LogP contribution in [0.4, 0.5) is 0 Å². The first kappa shape index (κ1) is 21.0. The maximum atomic E-state index is 6.32. The van der Waals surface area contributed by atoms with Crippen molar-refractivity contribution in [1.82, 2.24) is 4.57 Å². The number of allylic oxidation sites excluding steroid dienone is 1. The number of nitrogens with zero attached hydrogens (tertiary/aromatic N) is 1. The maximum Gasteiger partial charge on any atom is 0.494 e. The van der Waals surface area contributed by atoms with E-state index in [0.29, 0.717) is 0 Å². The topological polar surface area (TPSA) is 36.5 Å². The molecule has 3 aromatic carbocycles. The van der Waals surface area contributed by atoms with Crippen LogP contribution in [0.25, 0.3) is 44.6 Å². The van der Waals surface area contributed by atoms with E-state index in [1.807, 2.05) is 6.07 Å².